The Morgan fingerprint density at radius 2 is 1.91 bits per heavy atom. The number of carbonyl (C=O) groups excluding carboxylic acids is 2. The zero-order valence-corrected chi connectivity index (χ0v) is 20.7. The van der Waals surface area contributed by atoms with Gasteiger partial charge in [0.25, 0.3) is 0 Å². The lowest BCUT2D eigenvalue weighted by atomic mass is 9.58. The number of hydrogen-bond donors (Lipinski definition) is 3. The number of amides is 2. The first-order chi connectivity index (χ1) is 16.9. The van der Waals surface area contributed by atoms with Crippen LogP contribution in [0.3, 0.4) is 0 Å². The van der Waals surface area contributed by atoms with Crippen molar-refractivity contribution in [3.63, 3.8) is 0 Å². The molecule has 0 saturated carbocycles. The van der Waals surface area contributed by atoms with E-state index in [2.05, 4.69) is 6.92 Å². The second kappa shape index (κ2) is 11.1. The summed E-state index contributed by atoms with van der Waals surface area (Å²) in [6, 6.07) is 7.22. The molecule has 4 rings (SSSR count). The summed E-state index contributed by atoms with van der Waals surface area (Å²) >= 11 is 0. The minimum absolute atomic E-state index is 0.152. The number of likely N-dealkylation sites (tertiary alicyclic amines) is 1. The van der Waals surface area contributed by atoms with Gasteiger partial charge in [0, 0.05) is 12.1 Å². The quantitative estimate of drug-likeness (QED) is 0.283. The highest BCUT2D eigenvalue weighted by Crippen LogP contribution is 2.50. The number of aromatic hydroxyl groups is 1. The molecule has 7 nitrogen and oxygen atoms in total. The van der Waals surface area contributed by atoms with E-state index < -0.39 is 25.1 Å². The first-order valence-corrected chi connectivity index (χ1v) is 12.9. The number of carbonyl (C=O) groups is 2. The fourth-order valence-electron chi connectivity index (χ4n) is 6.16. The number of aliphatic hydroxyl groups excluding tert-OH is 1. The third-order valence-corrected chi connectivity index (χ3v) is 7.63. The van der Waals surface area contributed by atoms with Crippen molar-refractivity contribution in [2.45, 2.75) is 64.8 Å². The molecule has 0 aromatic heterocycles. The van der Waals surface area contributed by atoms with Gasteiger partial charge in [0.1, 0.15) is 5.75 Å². The highest BCUT2D eigenvalue weighted by molar-refractivity contribution is 6.43. The fraction of sp³-hybridized carbons (Fsp3) is 0.556. The molecule has 1 aromatic carbocycles. The Morgan fingerprint density at radius 3 is 2.60 bits per heavy atom. The van der Waals surface area contributed by atoms with E-state index in [4.69, 9.17) is 4.65 Å². The van der Waals surface area contributed by atoms with Crippen LogP contribution in [0.25, 0.3) is 6.08 Å². The van der Waals surface area contributed by atoms with Crippen molar-refractivity contribution < 1.29 is 29.5 Å². The molecule has 3 N–H and O–H groups in total. The van der Waals surface area contributed by atoms with E-state index in [9.17, 15) is 24.8 Å². The van der Waals surface area contributed by atoms with Gasteiger partial charge in [-0.1, -0.05) is 50.1 Å². The number of nitrogens with zero attached hydrogens (tertiary/aromatic N) is 1. The molecule has 0 radical (unpaired) electrons. The maximum atomic E-state index is 13.3. The van der Waals surface area contributed by atoms with Crippen molar-refractivity contribution in [1.82, 2.24) is 4.90 Å². The number of hydrogen-bond acceptors (Lipinski definition) is 6. The molecule has 188 valence electrons. The first kappa shape index (κ1) is 25.7. The molecule has 2 aliphatic heterocycles. The van der Waals surface area contributed by atoms with E-state index in [1.807, 2.05) is 25.1 Å². The van der Waals surface area contributed by atoms with E-state index in [0.29, 0.717) is 32.2 Å². The van der Waals surface area contributed by atoms with Crippen molar-refractivity contribution in [1.29, 1.82) is 0 Å². The van der Waals surface area contributed by atoms with Gasteiger partial charge in [-0.3, -0.25) is 14.5 Å². The van der Waals surface area contributed by atoms with Crippen molar-refractivity contribution in [3.05, 3.63) is 46.5 Å². The van der Waals surface area contributed by atoms with Gasteiger partial charge in [-0.15, -0.1) is 0 Å². The van der Waals surface area contributed by atoms with Gasteiger partial charge in [0.05, 0.1) is 24.5 Å². The molecule has 2 fully saturated rings. The standard InChI is InChI=1S/C27H36BNO6/c1-3-7-17(13-18-8-5-6-9-22(18)31)10-11-23-24-19(16-30)14-20-25(21(24)15-28(34)35-23)27(33)29(12-4-2)26(20)32/h5-6,8-9,13,20-21,23,25,30-31,34H,3-4,7,10-12,14-16H2,1-2H3/b17-13+/t20-,21+,23-,25-/m1/s1. The minimum Gasteiger partial charge on any atom is -0.507 e. The molecule has 8 heteroatoms. The van der Waals surface area contributed by atoms with E-state index in [1.54, 1.807) is 12.1 Å². The van der Waals surface area contributed by atoms with Crippen LogP contribution >= 0.6 is 0 Å². The highest BCUT2D eigenvalue weighted by atomic mass is 16.5. The number of para-hydroxylation sites is 1. The number of phenolic OH excluding ortho intramolecular Hbond substituents is 1. The van der Waals surface area contributed by atoms with Crippen molar-refractivity contribution in [2.24, 2.45) is 17.8 Å². The van der Waals surface area contributed by atoms with Crippen LogP contribution in [-0.4, -0.2) is 58.3 Å². The Balaban J connectivity index is 1.60. The lowest BCUT2D eigenvalue weighted by Crippen LogP contribution is -2.46. The third kappa shape index (κ3) is 5.11. The fourth-order valence-corrected chi connectivity index (χ4v) is 6.16. The number of phenols is 1. The maximum absolute atomic E-state index is 13.3. The monoisotopic (exact) mass is 481 g/mol. The zero-order valence-electron chi connectivity index (χ0n) is 20.7. The Bertz CT molecular complexity index is 1020. The number of allylic oxidation sites excluding steroid dienone is 1. The Hall–Kier alpha value is -2.42. The highest BCUT2D eigenvalue weighted by Gasteiger charge is 2.56. The summed E-state index contributed by atoms with van der Waals surface area (Å²) in [6.07, 6.45) is 5.99. The molecule has 0 unspecified atom stereocenters. The molecule has 1 aromatic rings. The van der Waals surface area contributed by atoms with Gasteiger partial charge in [-0.05, 0) is 61.6 Å². The van der Waals surface area contributed by atoms with Crippen LogP contribution < -0.4 is 0 Å². The second-order valence-electron chi connectivity index (χ2n) is 9.95. The Labute approximate surface area is 207 Å². The van der Waals surface area contributed by atoms with Crippen LogP contribution in [0.1, 0.15) is 57.9 Å². The molecule has 2 saturated heterocycles. The van der Waals surface area contributed by atoms with E-state index >= 15 is 0 Å². The van der Waals surface area contributed by atoms with Crippen LogP contribution in [0, 0.1) is 17.8 Å². The van der Waals surface area contributed by atoms with Gasteiger partial charge in [0.2, 0.25) is 11.8 Å². The summed E-state index contributed by atoms with van der Waals surface area (Å²) in [4.78, 5) is 27.6. The number of rotatable bonds is 9. The molecule has 2 heterocycles. The van der Waals surface area contributed by atoms with Gasteiger partial charge in [-0.2, -0.15) is 0 Å². The van der Waals surface area contributed by atoms with Crippen LogP contribution in [-0.2, 0) is 14.2 Å². The molecular weight excluding hydrogens is 445 g/mol. The molecular formula is C27H36BNO6. The Kier molecular flexibility index (Phi) is 8.14. The molecule has 2 amide bonds. The third-order valence-electron chi connectivity index (χ3n) is 7.63. The average molecular weight is 481 g/mol. The second-order valence-corrected chi connectivity index (χ2v) is 9.95. The molecule has 1 aliphatic carbocycles. The van der Waals surface area contributed by atoms with Gasteiger partial charge in [-0.25, -0.2) is 0 Å². The first-order valence-electron chi connectivity index (χ1n) is 12.9. The minimum atomic E-state index is -1.02. The predicted octanol–water partition coefficient (Wildman–Crippen LogP) is 3.56. The number of imide groups is 1. The largest absolute Gasteiger partial charge is 0.507 e. The van der Waals surface area contributed by atoms with Crippen LogP contribution in [0.5, 0.6) is 5.75 Å². The normalized spacial score (nSPS) is 26.9. The summed E-state index contributed by atoms with van der Waals surface area (Å²) < 4.78 is 5.98. The van der Waals surface area contributed by atoms with E-state index in [-0.39, 0.29) is 36.4 Å². The summed E-state index contributed by atoms with van der Waals surface area (Å²) in [5, 5.41) is 31.0. The molecule has 4 atom stereocenters. The van der Waals surface area contributed by atoms with E-state index in [0.717, 1.165) is 35.1 Å². The predicted molar refractivity (Wildman–Crippen MR) is 134 cm³/mol. The van der Waals surface area contributed by atoms with Crippen molar-refractivity contribution in [3.8, 4) is 5.75 Å². The molecule has 3 aliphatic rings. The van der Waals surface area contributed by atoms with Crippen molar-refractivity contribution in [2.75, 3.05) is 13.2 Å². The van der Waals surface area contributed by atoms with Crippen LogP contribution in [0.15, 0.2) is 41.0 Å². The van der Waals surface area contributed by atoms with Crippen LogP contribution in [0.4, 0.5) is 0 Å². The van der Waals surface area contributed by atoms with Gasteiger partial charge >= 0.3 is 7.12 Å². The Morgan fingerprint density at radius 1 is 1.14 bits per heavy atom. The maximum Gasteiger partial charge on any atom is 0.455 e. The molecule has 0 spiro atoms. The summed E-state index contributed by atoms with van der Waals surface area (Å²) in [6.45, 7) is 4.27. The lowest BCUT2D eigenvalue weighted by Gasteiger charge is -2.43. The smallest absolute Gasteiger partial charge is 0.455 e. The summed E-state index contributed by atoms with van der Waals surface area (Å²) in [5.74, 6) is -1.34. The van der Waals surface area contributed by atoms with Gasteiger partial charge in [0.15, 0.2) is 0 Å². The van der Waals surface area contributed by atoms with E-state index in [1.165, 1.54) is 4.90 Å². The molecule has 35 heavy (non-hydrogen) atoms. The molecule has 0 bridgehead atoms. The van der Waals surface area contributed by atoms with Gasteiger partial charge < -0.3 is 19.9 Å². The zero-order chi connectivity index (χ0) is 25.1. The summed E-state index contributed by atoms with van der Waals surface area (Å²) in [7, 11) is -1.02. The number of aliphatic hydroxyl groups is 1. The summed E-state index contributed by atoms with van der Waals surface area (Å²) in [5.41, 5.74) is 3.60. The van der Waals surface area contributed by atoms with Crippen LogP contribution in [0.2, 0.25) is 6.32 Å². The average Bonchev–Trinajstić information content (AvgIpc) is 3.08. The number of fused-ring (bicyclic) bond motifs is 3. The lowest BCUT2D eigenvalue weighted by molar-refractivity contribution is -0.140. The number of benzene rings is 1. The SMILES string of the molecule is CCC/C(=C\c1ccccc1O)CC[C@H]1OB(O)C[C@H]2C1=C(CO)C[C@H]1C(=O)N(CCC)C(=O)[C@H]12. The van der Waals surface area contributed by atoms with Crippen molar-refractivity contribution >= 4 is 25.0 Å². The topological polar surface area (TPSA) is 107 Å².